The number of rotatable bonds is 19. The number of methoxy groups -OCH3 is 4. The molecule has 7 aromatic rings. The minimum absolute atomic E-state index is 0.350. The molecule has 0 radical (unpaired) electrons. The van der Waals surface area contributed by atoms with Gasteiger partial charge in [0.05, 0.1) is 38.5 Å². The molecule has 97 heavy (non-hydrogen) atoms. The highest BCUT2D eigenvalue weighted by molar-refractivity contribution is 6.42. The minimum Gasteiger partial charge on any atom is -0.497 e. The second-order valence-electron chi connectivity index (χ2n) is 32.9. The van der Waals surface area contributed by atoms with E-state index < -0.39 is 0 Å². The minimum atomic E-state index is 0.350. The number of ether oxygens (including phenoxy) is 4. The van der Waals surface area contributed by atoms with Crippen molar-refractivity contribution >= 4 is 58.0 Å². The first-order valence-electron chi connectivity index (χ1n) is 35.1. The number of unbranched alkanes of at least 4 members (excludes halogenated alkanes) is 1. The van der Waals surface area contributed by atoms with Crippen LogP contribution in [0, 0.1) is 46.3 Å². The van der Waals surface area contributed by atoms with Crippen molar-refractivity contribution in [3.05, 3.63) is 221 Å². The predicted molar refractivity (Wildman–Crippen MR) is 431 cm³/mol. The van der Waals surface area contributed by atoms with Crippen molar-refractivity contribution in [2.75, 3.05) is 28.4 Å². The van der Waals surface area contributed by atoms with Crippen LogP contribution in [0.25, 0.3) is 0 Å². The van der Waals surface area contributed by atoms with Gasteiger partial charge in [0.25, 0.3) is 0 Å². The molecule has 0 saturated heterocycles. The number of aryl methyl sites for hydroxylation is 9. The molecule has 540 valence electrons. The van der Waals surface area contributed by atoms with Crippen LogP contribution in [-0.4, -0.2) is 28.4 Å². The van der Waals surface area contributed by atoms with Crippen molar-refractivity contribution in [2.24, 2.45) is 32.5 Å². The van der Waals surface area contributed by atoms with E-state index in [0.29, 0.717) is 47.6 Å². The van der Waals surface area contributed by atoms with E-state index in [-0.39, 0.29) is 0 Å². The summed E-state index contributed by atoms with van der Waals surface area (Å²) in [6.45, 7) is 47.2. The summed E-state index contributed by atoms with van der Waals surface area (Å²) in [5, 5.41) is 3.66. The van der Waals surface area contributed by atoms with E-state index in [1.807, 2.05) is 72.8 Å². The molecule has 0 N–H and O–H groups in total. The van der Waals surface area contributed by atoms with Gasteiger partial charge >= 0.3 is 0 Å². The summed E-state index contributed by atoms with van der Waals surface area (Å²) in [7, 11) is 6.74. The fourth-order valence-electron chi connectivity index (χ4n) is 9.24. The Morgan fingerprint density at radius 3 is 1.10 bits per heavy atom. The number of benzene rings is 7. The highest BCUT2D eigenvalue weighted by Crippen LogP contribution is 2.32. The fraction of sp³-hybridized carbons (Fsp3) is 0.523. The molecular formula is C88H129Cl5O4. The third-order valence-corrected chi connectivity index (χ3v) is 17.7. The van der Waals surface area contributed by atoms with Crippen LogP contribution in [0.2, 0.25) is 25.1 Å². The first-order chi connectivity index (χ1) is 45.0. The van der Waals surface area contributed by atoms with Crippen LogP contribution in [0.4, 0.5) is 0 Å². The largest absolute Gasteiger partial charge is 0.497 e. The van der Waals surface area contributed by atoms with E-state index >= 15 is 0 Å². The maximum Gasteiger partial charge on any atom is 0.160 e. The summed E-state index contributed by atoms with van der Waals surface area (Å²) < 4.78 is 20.8. The highest BCUT2D eigenvalue weighted by Gasteiger charge is 2.16. The van der Waals surface area contributed by atoms with Gasteiger partial charge in [-0.15, -0.1) is 0 Å². The summed E-state index contributed by atoms with van der Waals surface area (Å²) in [4.78, 5) is 0. The van der Waals surface area contributed by atoms with Crippen molar-refractivity contribution in [2.45, 2.75) is 242 Å². The third-order valence-electron chi connectivity index (χ3n) is 16.0. The Kier molecular flexibility index (Phi) is 42.0. The summed E-state index contributed by atoms with van der Waals surface area (Å²) in [5.74, 6) is 3.50. The van der Waals surface area contributed by atoms with Crippen molar-refractivity contribution in [1.29, 1.82) is 0 Å². The lowest BCUT2D eigenvalue weighted by molar-refractivity contribution is 0.353. The molecule has 0 spiro atoms. The van der Waals surface area contributed by atoms with Gasteiger partial charge in [-0.25, -0.2) is 0 Å². The maximum absolute atomic E-state index is 6.07. The Balaban J connectivity index is 0.000000566. The van der Waals surface area contributed by atoms with Crippen LogP contribution in [-0.2, 0) is 44.9 Å². The summed E-state index contributed by atoms with van der Waals surface area (Å²) >= 11 is 29.7. The highest BCUT2D eigenvalue weighted by atomic mass is 35.5. The van der Waals surface area contributed by atoms with Gasteiger partial charge in [0.1, 0.15) is 11.5 Å². The van der Waals surface area contributed by atoms with Crippen LogP contribution in [0.3, 0.4) is 0 Å². The lowest BCUT2D eigenvalue weighted by atomic mass is 9.88. The predicted octanol–water partition coefficient (Wildman–Crippen LogP) is 28.9. The SMILES string of the molecule is CC(C)(C)CCc1ccc(Cl)c(Cl)c1.CC(C)(C)CCc1ccc(Cl)cc1Cl.CC(C)(C)CCc1ccccc1Cl.CCCCc1ccc(OC)cc1C.COc1ccc(CCC(C)(C)C)cc1.COc1ccc(CCC(C)(C)C)cc1OC.Cc1ccc(CCC(C)(C)C)cc1. The lowest BCUT2D eigenvalue weighted by Crippen LogP contribution is -2.06. The molecule has 0 aliphatic carbocycles. The van der Waals surface area contributed by atoms with Gasteiger partial charge in [0, 0.05) is 15.1 Å². The Morgan fingerprint density at radius 2 is 0.691 bits per heavy atom. The topological polar surface area (TPSA) is 36.9 Å². The smallest absolute Gasteiger partial charge is 0.160 e. The summed E-state index contributed by atoms with van der Waals surface area (Å²) in [6.07, 6.45) is 17.4. The zero-order chi connectivity index (χ0) is 73.8. The van der Waals surface area contributed by atoms with Crippen LogP contribution in [0.1, 0.15) is 233 Å². The van der Waals surface area contributed by atoms with Gasteiger partial charge in [-0.05, 0) is 247 Å². The van der Waals surface area contributed by atoms with Gasteiger partial charge in [-0.3, -0.25) is 0 Å². The summed E-state index contributed by atoms with van der Waals surface area (Å²) in [6, 6.07) is 49.3. The molecule has 9 heteroatoms. The van der Waals surface area contributed by atoms with Gasteiger partial charge in [0.15, 0.2) is 11.5 Å². The number of hydrogen-bond donors (Lipinski definition) is 0. The molecule has 0 amide bonds. The first kappa shape index (κ1) is 90.2. The van der Waals surface area contributed by atoms with E-state index in [9.17, 15) is 0 Å². The zero-order valence-electron chi connectivity index (χ0n) is 65.0. The van der Waals surface area contributed by atoms with Crippen molar-refractivity contribution < 1.29 is 18.9 Å². The molecule has 0 heterocycles. The third kappa shape index (κ3) is 45.6. The maximum atomic E-state index is 6.07. The van der Waals surface area contributed by atoms with E-state index in [2.05, 4.69) is 212 Å². The normalized spacial score (nSPS) is 11.4. The number of hydrogen-bond acceptors (Lipinski definition) is 4. The molecular weight excluding hydrogens is 1300 g/mol. The molecule has 4 nitrogen and oxygen atoms in total. The lowest BCUT2D eigenvalue weighted by Gasteiger charge is -2.18. The van der Waals surface area contributed by atoms with Crippen LogP contribution in [0.15, 0.2) is 146 Å². The molecule has 0 aromatic heterocycles. The Hall–Kier alpha value is -4.81. The van der Waals surface area contributed by atoms with E-state index in [0.717, 1.165) is 78.0 Å². The Morgan fingerprint density at radius 1 is 0.299 bits per heavy atom. The van der Waals surface area contributed by atoms with Crippen LogP contribution < -0.4 is 18.9 Å². The second-order valence-corrected chi connectivity index (χ2v) is 34.9. The second kappa shape index (κ2) is 45.1. The number of halogens is 5. The van der Waals surface area contributed by atoms with Gasteiger partial charge in [-0.1, -0.05) is 280 Å². The Labute approximate surface area is 619 Å². The van der Waals surface area contributed by atoms with Crippen molar-refractivity contribution in [3.63, 3.8) is 0 Å². The average molecular weight is 1430 g/mol. The fourth-order valence-corrected chi connectivity index (χ4v) is 10.3. The molecule has 7 rings (SSSR count). The molecule has 0 aliphatic rings. The van der Waals surface area contributed by atoms with Gasteiger partial charge in [-0.2, -0.15) is 0 Å². The van der Waals surface area contributed by atoms with E-state index in [4.69, 9.17) is 77.0 Å². The zero-order valence-corrected chi connectivity index (χ0v) is 68.8. The van der Waals surface area contributed by atoms with Crippen LogP contribution >= 0.6 is 58.0 Å². The van der Waals surface area contributed by atoms with E-state index in [1.54, 1.807) is 34.5 Å². The molecule has 0 aliphatic heterocycles. The standard InChI is InChI=1S/C14H22O2.C13H20O.C13H20.2C12H16Cl2.C12H17Cl.C12H18O/c1-14(2,3)9-8-11-6-7-12(15-4)13(10-11)16-5;1-13(2,3)10-9-11-5-7-12(14-4)8-6-11;1-11-5-7-12(8-6-11)9-10-13(2,3)4;1-12(2,3)7-6-9-4-5-10(13)8-11(9)14;1-12(2,3)7-6-9-4-5-10(13)11(14)8-9;1-12(2,3)9-8-10-6-4-5-7-11(10)13;1-4-5-6-11-7-8-12(13-3)9-10(11)2/h6-7,10H,8-9H2,1-5H3;5-8H,9-10H2,1-4H3;5-8H,9-10H2,1-4H3;2*4-5,8H,6-7H2,1-3H3;4-7H,8-9H2,1-3H3;7-9H,4-6H2,1-3H3. The monoisotopic (exact) mass is 1420 g/mol. The molecule has 0 saturated carbocycles. The quantitative estimate of drug-likeness (QED) is 0.0809. The molecule has 7 aromatic carbocycles. The van der Waals surface area contributed by atoms with Gasteiger partial charge in [0.2, 0.25) is 0 Å². The first-order valence-corrected chi connectivity index (χ1v) is 37.0. The molecule has 0 bridgehead atoms. The van der Waals surface area contributed by atoms with E-state index in [1.165, 1.54) is 101 Å². The molecule has 0 atom stereocenters. The average Bonchev–Trinajstić information content (AvgIpc) is 0.965. The van der Waals surface area contributed by atoms with Crippen molar-refractivity contribution in [3.8, 4) is 23.0 Å². The Bertz CT molecular complexity index is 3250. The molecule has 0 unspecified atom stereocenters. The van der Waals surface area contributed by atoms with Crippen LogP contribution in [0.5, 0.6) is 23.0 Å². The van der Waals surface area contributed by atoms with Gasteiger partial charge < -0.3 is 18.9 Å². The summed E-state index contributed by atoms with van der Waals surface area (Å²) in [5.41, 5.74) is 14.3. The molecule has 0 fully saturated rings. The van der Waals surface area contributed by atoms with Crippen molar-refractivity contribution in [1.82, 2.24) is 0 Å².